The van der Waals surface area contributed by atoms with Gasteiger partial charge >= 0.3 is 0 Å². The number of hydrogen-bond donors (Lipinski definition) is 1. The van der Waals surface area contributed by atoms with Crippen LogP contribution < -0.4 is 10.2 Å². The number of methoxy groups -OCH3 is 1. The first-order valence-corrected chi connectivity index (χ1v) is 7.51. The molecule has 0 aliphatic carbocycles. The van der Waals surface area contributed by atoms with Crippen molar-refractivity contribution in [2.45, 2.75) is 39.8 Å². The van der Waals surface area contributed by atoms with Gasteiger partial charge in [0, 0.05) is 31.6 Å². The van der Waals surface area contributed by atoms with Crippen molar-refractivity contribution in [1.82, 2.24) is 10.3 Å². The van der Waals surface area contributed by atoms with Crippen molar-refractivity contribution in [1.29, 1.82) is 0 Å². The van der Waals surface area contributed by atoms with Crippen LogP contribution in [0.3, 0.4) is 0 Å². The van der Waals surface area contributed by atoms with E-state index in [4.69, 9.17) is 9.72 Å². The van der Waals surface area contributed by atoms with Crippen LogP contribution in [0.4, 0.5) is 5.13 Å². The molecule has 0 fully saturated rings. The Bertz CT molecular complexity index is 330. The maximum Gasteiger partial charge on any atom is 0.185 e. The summed E-state index contributed by atoms with van der Waals surface area (Å²) in [6.45, 7) is 10.0. The third-order valence-electron chi connectivity index (χ3n) is 3.00. The first kappa shape index (κ1) is 15.4. The lowest BCUT2D eigenvalue weighted by Gasteiger charge is -2.27. The highest BCUT2D eigenvalue weighted by atomic mass is 32.1. The van der Waals surface area contributed by atoms with Gasteiger partial charge in [-0.05, 0) is 19.9 Å². The predicted octanol–water partition coefficient (Wildman–Crippen LogP) is 2.50. The van der Waals surface area contributed by atoms with E-state index in [2.05, 4.69) is 36.4 Å². The third kappa shape index (κ3) is 4.55. The Morgan fingerprint density at radius 3 is 2.89 bits per heavy atom. The summed E-state index contributed by atoms with van der Waals surface area (Å²) < 4.78 is 5.18. The zero-order valence-electron chi connectivity index (χ0n) is 11.9. The number of aromatic nitrogens is 1. The summed E-state index contributed by atoms with van der Waals surface area (Å²) in [4.78, 5) is 7.03. The summed E-state index contributed by atoms with van der Waals surface area (Å²) in [5.74, 6) is 0. The number of thiazole rings is 1. The van der Waals surface area contributed by atoms with Crippen molar-refractivity contribution in [2.75, 3.05) is 31.7 Å². The minimum atomic E-state index is 0.498. The van der Waals surface area contributed by atoms with Crippen molar-refractivity contribution >= 4 is 16.5 Å². The third-order valence-corrected chi connectivity index (χ3v) is 3.93. The lowest BCUT2D eigenvalue weighted by Crippen LogP contribution is -2.35. The number of nitrogens with zero attached hydrogens (tertiary/aromatic N) is 2. The van der Waals surface area contributed by atoms with Gasteiger partial charge in [0.25, 0.3) is 0 Å². The highest BCUT2D eigenvalue weighted by Crippen LogP contribution is 2.23. The van der Waals surface area contributed by atoms with Gasteiger partial charge in [-0.2, -0.15) is 0 Å². The van der Waals surface area contributed by atoms with E-state index in [0.717, 1.165) is 43.5 Å². The van der Waals surface area contributed by atoms with E-state index in [1.807, 2.05) is 0 Å². The van der Waals surface area contributed by atoms with Crippen LogP contribution in [0.25, 0.3) is 0 Å². The number of anilines is 1. The van der Waals surface area contributed by atoms with Crippen molar-refractivity contribution in [2.24, 2.45) is 0 Å². The van der Waals surface area contributed by atoms with E-state index < -0.39 is 0 Å². The molecule has 0 aromatic carbocycles. The molecule has 1 heterocycles. The molecular formula is C13H25N3OS. The molecule has 1 aromatic rings. The first-order valence-electron chi connectivity index (χ1n) is 6.63. The first-order chi connectivity index (χ1) is 8.72. The zero-order valence-corrected chi connectivity index (χ0v) is 12.7. The van der Waals surface area contributed by atoms with Gasteiger partial charge in [-0.25, -0.2) is 4.98 Å². The fraction of sp³-hybridized carbons (Fsp3) is 0.769. The molecule has 4 nitrogen and oxygen atoms in total. The van der Waals surface area contributed by atoms with Crippen LogP contribution >= 0.6 is 11.3 Å². The van der Waals surface area contributed by atoms with Crippen LogP contribution in [0.5, 0.6) is 0 Å². The number of nitrogens with one attached hydrogen (secondary N) is 1. The zero-order chi connectivity index (χ0) is 13.4. The predicted molar refractivity (Wildman–Crippen MR) is 78.5 cm³/mol. The van der Waals surface area contributed by atoms with Gasteiger partial charge < -0.3 is 15.0 Å². The summed E-state index contributed by atoms with van der Waals surface area (Å²) in [5.41, 5.74) is 1.13. The molecule has 104 valence electrons. The second-order valence-corrected chi connectivity index (χ2v) is 5.18. The van der Waals surface area contributed by atoms with Gasteiger partial charge in [0.15, 0.2) is 5.13 Å². The molecule has 1 N–H and O–H groups in total. The Morgan fingerprint density at radius 1 is 1.50 bits per heavy atom. The molecule has 5 heteroatoms. The molecule has 1 rings (SSSR count). The molecule has 0 bridgehead atoms. The summed E-state index contributed by atoms with van der Waals surface area (Å²) >= 11 is 1.72. The van der Waals surface area contributed by atoms with Crippen LogP contribution in [0.1, 0.15) is 32.9 Å². The summed E-state index contributed by atoms with van der Waals surface area (Å²) in [6.07, 6.45) is 1.12. The maximum atomic E-state index is 5.18. The summed E-state index contributed by atoms with van der Waals surface area (Å²) in [6, 6.07) is 0.498. The normalized spacial score (nSPS) is 12.7. The van der Waals surface area contributed by atoms with E-state index in [-0.39, 0.29) is 0 Å². The van der Waals surface area contributed by atoms with E-state index in [0.29, 0.717) is 6.04 Å². The van der Waals surface area contributed by atoms with E-state index in [9.17, 15) is 0 Å². The lowest BCUT2D eigenvalue weighted by atomic mass is 10.2. The molecule has 0 amide bonds. The molecule has 0 saturated heterocycles. The molecular weight excluding hydrogens is 246 g/mol. The Labute approximate surface area is 114 Å². The Morgan fingerprint density at radius 2 is 2.28 bits per heavy atom. The highest BCUT2D eigenvalue weighted by molar-refractivity contribution is 7.13. The standard InChI is InChI=1S/C13H25N3OS/c1-5-11(3)16(7-8-17-4)13-15-12(10-18-13)9-14-6-2/h10-11,14H,5-9H2,1-4H3. The molecule has 0 saturated carbocycles. The maximum absolute atomic E-state index is 5.18. The Kier molecular flexibility index (Phi) is 7.23. The molecule has 0 radical (unpaired) electrons. The van der Waals surface area contributed by atoms with Gasteiger partial charge in [-0.15, -0.1) is 11.3 Å². The van der Waals surface area contributed by atoms with Crippen molar-refractivity contribution in [3.8, 4) is 0 Å². The molecule has 18 heavy (non-hydrogen) atoms. The lowest BCUT2D eigenvalue weighted by molar-refractivity contribution is 0.203. The fourth-order valence-corrected chi connectivity index (χ4v) is 2.63. The van der Waals surface area contributed by atoms with Crippen LogP contribution in [0.2, 0.25) is 0 Å². The monoisotopic (exact) mass is 271 g/mol. The van der Waals surface area contributed by atoms with Crippen LogP contribution in [-0.4, -0.2) is 37.8 Å². The van der Waals surface area contributed by atoms with Gasteiger partial charge in [-0.3, -0.25) is 0 Å². The molecule has 1 atom stereocenters. The van der Waals surface area contributed by atoms with Crippen LogP contribution in [0, 0.1) is 0 Å². The number of hydrogen-bond acceptors (Lipinski definition) is 5. The topological polar surface area (TPSA) is 37.4 Å². The fourth-order valence-electron chi connectivity index (χ4n) is 1.68. The number of rotatable bonds is 9. The molecule has 1 unspecified atom stereocenters. The van der Waals surface area contributed by atoms with Gasteiger partial charge in [0.2, 0.25) is 0 Å². The smallest absolute Gasteiger partial charge is 0.185 e. The van der Waals surface area contributed by atoms with Crippen LogP contribution in [0.15, 0.2) is 5.38 Å². The van der Waals surface area contributed by atoms with Crippen molar-refractivity contribution < 1.29 is 4.74 Å². The molecule has 0 spiro atoms. The van der Waals surface area contributed by atoms with Gasteiger partial charge in [0.05, 0.1) is 12.3 Å². The second kappa shape index (κ2) is 8.45. The summed E-state index contributed by atoms with van der Waals surface area (Å²) in [5, 5.41) is 6.55. The average molecular weight is 271 g/mol. The van der Waals surface area contributed by atoms with E-state index >= 15 is 0 Å². The second-order valence-electron chi connectivity index (χ2n) is 4.35. The minimum absolute atomic E-state index is 0.498. The summed E-state index contributed by atoms with van der Waals surface area (Å²) in [7, 11) is 1.74. The van der Waals surface area contributed by atoms with Crippen LogP contribution in [-0.2, 0) is 11.3 Å². The van der Waals surface area contributed by atoms with Crippen molar-refractivity contribution in [3.63, 3.8) is 0 Å². The van der Waals surface area contributed by atoms with Crippen molar-refractivity contribution in [3.05, 3.63) is 11.1 Å². The SMILES string of the molecule is CCNCc1csc(N(CCOC)C(C)CC)n1. The molecule has 1 aromatic heterocycles. The van der Waals surface area contributed by atoms with Gasteiger partial charge in [0.1, 0.15) is 0 Å². The van der Waals surface area contributed by atoms with E-state index in [1.54, 1.807) is 18.4 Å². The Balaban J connectivity index is 2.68. The van der Waals surface area contributed by atoms with E-state index in [1.165, 1.54) is 0 Å². The highest BCUT2D eigenvalue weighted by Gasteiger charge is 2.16. The Hall–Kier alpha value is -0.650. The minimum Gasteiger partial charge on any atom is -0.383 e. The van der Waals surface area contributed by atoms with Gasteiger partial charge in [-0.1, -0.05) is 13.8 Å². The average Bonchev–Trinajstić information content (AvgIpc) is 2.85. The quantitative estimate of drug-likeness (QED) is 0.749. The molecule has 0 aliphatic heterocycles. The molecule has 0 aliphatic rings. The largest absolute Gasteiger partial charge is 0.383 e. The number of ether oxygens (including phenoxy) is 1.